The fraction of sp³-hybridized carbons (Fsp3) is 0.160. The quantitative estimate of drug-likeness (QED) is 0.279. The van der Waals surface area contributed by atoms with Gasteiger partial charge in [-0.3, -0.25) is 4.79 Å². The Morgan fingerprint density at radius 1 is 0.818 bits per heavy atom. The van der Waals surface area contributed by atoms with Crippen LogP contribution in [0.2, 0.25) is 0 Å². The van der Waals surface area contributed by atoms with Crippen molar-refractivity contribution in [3.63, 3.8) is 0 Å². The van der Waals surface area contributed by atoms with Crippen molar-refractivity contribution in [2.24, 2.45) is 0 Å². The molecule has 0 fully saturated rings. The Labute approximate surface area is 196 Å². The van der Waals surface area contributed by atoms with E-state index in [0.717, 1.165) is 5.75 Å². The molecule has 7 nitrogen and oxygen atoms in total. The maximum atomic E-state index is 12.7. The summed E-state index contributed by atoms with van der Waals surface area (Å²) in [6.45, 7) is 0.522. The predicted molar refractivity (Wildman–Crippen MR) is 126 cm³/mol. The number of methoxy groups -OCH3 is 2. The zero-order valence-electron chi connectivity index (χ0n) is 18.2. The average Bonchev–Trinajstić information content (AvgIpc) is 2.86. The molecule has 0 unspecified atom stereocenters. The molecule has 0 atom stereocenters. The monoisotopic (exact) mass is 465 g/mol. The highest BCUT2D eigenvalue weighted by Gasteiger charge is 2.18. The Morgan fingerprint density at radius 2 is 1.48 bits per heavy atom. The Balaban J connectivity index is 1.63. The van der Waals surface area contributed by atoms with Crippen LogP contribution in [0.25, 0.3) is 0 Å². The molecule has 0 radical (unpaired) electrons. The van der Waals surface area contributed by atoms with Crippen molar-refractivity contribution in [3.05, 3.63) is 89.5 Å². The van der Waals surface area contributed by atoms with Crippen molar-refractivity contribution in [2.75, 3.05) is 31.9 Å². The number of carbonyl (C=O) groups is 3. The summed E-state index contributed by atoms with van der Waals surface area (Å²) in [5, 5.41) is 2.66. The molecule has 0 heterocycles. The lowest BCUT2D eigenvalue weighted by molar-refractivity contribution is 0.0587. The van der Waals surface area contributed by atoms with Gasteiger partial charge in [-0.25, -0.2) is 9.59 Å². The van der Waals surface area contributed by atoms with Crippen LogP contribution in [0.4, 0.5) is 5.69 Å². The van der Waals surface area contributed by atoms with E-state index in [2.05, 4.69) is 5.32 Å². The molecule has 0 bridgehead atoms. The third-order valence-corrected chi connectivity index (χ3v) is 5.55. The normalized spacial score (nSPS) is 10.2. The smallest absolute Gasteiger partial charge is 0.339 e. The van der Waals surface area contributed by atoms with Gasteiger partial charge < -0.3 is 19.5 Å². The Kier molecular flexibility index (Phi) is 8.49. The summed E-state index contributed by atoms with van der Waals surface area (Å²) in [6.07, 6.45) is 0. The van der Waals surface area contributed by atoms with E-state index in [-0.39, 0.29) is 16.8 Å². The van der Waals surface area contributed by atoms with Gasteiger partial charge >= 0.3 is 11.9 Å². The molecule has 0 aliphatic heterocycles. The highest BCUT2D eigenvalue weighted by atomic mass is 32.2. The van der Waals surface area contributed by atoms with Gasteiger partial charge in [0, 0.05) is 16.2 Å². The number of anilines is 1. The van der Waals surface area contributed by atoms with Gasteiger partial charge in [0.15, 0.2) is 0 Å². The number of hydrogen-bond acceptors (Lipinski definition) is 7. The lowest BCUT2D eigenvalue weighted by Crippen LogP contribution is -2.16. The summed E-state index contributed by atoms with van der Waals surface area (Å²) in [4.78, 5) is 37.8. The third-order valence-electron chi connectivity index (χ3n) is 4.57. The molecule has 3 aromatic carbocycles. The van der Waals surface area contributed by atoms with Crippen molar-refractivity contribution in [2.45, 2.75) is 4.90 Å². The second-order valence-corrected chi connectivity index (χ2v) is 7.90. The summed E-state index contributed by atoms with van der Waals surface area (Å²) in [5.74, 6) is -0.247. The topological polar surface area (TPSA) is 90.9 Å². The average molecular weight is 466 g/mol. The number of esters is 2. The molecule has 8 heteroatoms. The molecule has 0 aliphatic rings. The molecular formula is C25H23NO6S. The Hall–Kier alpha value is -3.78. The van der Waals surface area contributed by atoms with Crippen LogP contribution in [0.3, 0.4) is 0 Å². The molecule has 1 N–H and O–H groups in total. The van der Waals surface area contributed by atoms with E-state index in [9.17, 15) is 14.4 Å². The summed E-state index contributed by atoms with van der Waals surface area (Å²) in [5.41, 5.74) is 0.820. The molecule has 3 aromatic rings. The SMILES string of the molecule is COC(=O)c1ccc(C(=O)OC)c(NC(=O)c2ccc(OCCSc3ccccc3)cc2)c1. The van der Waals surface area contributed by atoms with Crippen LogP contribution in [0, 0.1) is 0 Å². The molecule has 170 valence electrons. The van der Waals surface area contributed by atoms with Gasteiger partial charge in [-0.15, -0.1) is 11.8 Å². The van der Waals surface area contributed by atoms with Gasteiger partial charge in [-0.2, -0.15) is 0 Å². The van der Waals surface area contributed by atoms with E-state index in [1.807, 2.05) is 30.3 Å². The number of ether oxygens (including phenoxy) is 3. The van der Waals surface area contributed by atoms with E-state index < -0.39 is 17.8 Å². The second kappa shape index (κ2) is 11.7. The maximum absolute atomic E-state index is 12.7. The molecular weight excluding hydrogens is 442 g/mol. The van der Waals surface area contributed by atoms with E-state index in [0.29, 0.717) is 17.9 Å². The molecule has 0 saturated heterocycles. The first-order valence-corrected chi connectivity index (χ1v) is 11.0. The second-order valence-electron chi connectivity index (χ2n) is 6.73. The minimum atomic E-state index is -0.640. The number of carbonyl (C=O) groups excluding carboxylic acids is 3. The Bertz CT molecular complexity index is 1120. The van der Waals surface area contributed by atoms with Crippen molar-refractivity contribution in [1.29, 1.82) is 0 Å². The van der Waals surface area contributed by atoms with E-state index in [1.54, 1.807) is 36.0 Å². The van der Waals surface area contributed by atoms with Crippen molar-refractivity contribution in [3.8, 4) is 5.75 Å². The number of nitrogens with one attached hydrogen (secondary N) is 1. The maximum Gasteiger partial charge on any atom is 0.339 e. The summed E-state index contributed by atoms with van der Waals surface area (Å²) >= 11 is 1.70. The van der Waals surface area contributed by atoms with Crippen LogP contribution in [-0.4, -0.2) is 44.4 Å². The largest absolute Gasteiger partial charge is 0.493 e. The summed E-state index contributed by atoms with van der Waals surface area (Å²) < 4.78 is 15.2. The van der Waals surface area contributed by atoms with Crippen molar-refractivity contribution < 1.29 is 28.6 Å². The molecule has 3 rings (SSSR count). The van der Waals surface area contributed by atoms with Gasteiger partial charge in [-0.05, 0) is 54.6 Å². The number of amides is 1. The minimum Gasteiger partial charge on any atom is -0.493 e. The van der Waals surface area contributed by atoms with Gasteiger partial charge in [-0.1, -0.05) is 18.2 Å². The van der Waals surface area contributed by atoms with Crippen LogP contribution in [0.15, 0.2) is 77.7 Å². The fourth-order valence-electron chi connectivity index (χ4n) is 2.91. The zero-order valence-corrected chi connectivity index (χ0v) is 19.0. The molecule has 0 spiro atoms. The van der Waals surface area contributed by atoms with Crippen molar-refractivity contribution in [1.82, 2.24) is 0 Å². The lowest BCUT2D eigenvalue weighted by Gasteiger charge is -2.12. The first-order valence-electron chi connectivity index (χ1n) is 10.0. The number of benzene rings is 3. The number of hydrogen-bond donors (Lipinski definition) is 1. The molecule has 1 amide bonds. The standard InChI is InChI=1S/C25H23NO6S/c1-30-24(28)18-10-13-21(25(29)31-2)22(16-18)26-23(27)17-8-11-19(12-9-17)32-14-15-33-20-6-4-3-5-7-20/h3-13,16H,14-15H2,1-2H3,(H,26,27). The van der Waals surface area contributed by atoms with Crippen molar-refractivity contribution >= 4 is 35.3 Å². The summed E-state index contributed by atoms with van der Waals surface area (Å²) in [7, 11) is 2.48. The Morgan fingerprint density at radius 3 is 2.15 bits per heavy atom. The van der Waals surface area contributed by atoms with Gasteiger partial charge in [0.2, 0.25) is 0 Å². The van der Waals surface area contributed by atoms with E-state index >= 15 is 0 Å². The van der Waals surface area contributed by atoms with Crippen LogP contribution >= 0.6 is 11.8 Å². The van der Waals surface area contributed by atoms with Gasteiger partial charge in [0.25, 0.3) is 5.91 Å². The first kappa shape index (κ1) is 23.9. The van der Waals surface area contributed by atoms with Gasteiger partial charge in [0.1, 0.15) is 5.75 Å². The zero-order chi connectivity index (χ0) is 23.6. The lowest BCUT2D eigenvalue weighted by atomic mass is 10.1. The van der Waals surface area contributed by atoms with Crippen LogP contribution in [-0.2, 0) is 9.47 Å². The molecule has 0 saturated carbocycles. The first-order chi connectivity index (χ1) is 16.0. The molecule has 0 aliphatic carbocycles. The molecule has 33 heavy (non-hydrogen) atoms. The van der Waals surface area contributed by atoms with Crippen LogP contribution < -0.4 is 10.1 Å². The highest BCUT2D eigenvalue weighted by Crippen LogP contribution is 2.22. The third kappa shape index (κ3) is 6.60. The highest BCUT2D eigenvalue weighted by molar-refractivity contribution is 7.99. The number of thioether (sulfide) groups is 1. The predicted octanol–water partition coefficient (Wildman–Crippen LogP) is 4.68. The molecule has 0 aromatic heterocycles. The summed E-state index contributed by atoms with van der Waals surface area (Å²) in [6, 6.07) is 20.9. The van der Waals surface area contributed by atoms with Gasteiger partial charge in [0.05, 0.1) is 37.6 Å². The fourth-order valence-corrected chi connectivity index (χ4v) is 3.67. The van der Waals surface area contributed by atoms with E-state index in [1.165, 1.54) is 37.3 Å². The minimum absolute atomic E-state index is 0.120. The number of rotatable bonds is 9. The van der Waals surface area contributed by atoms with E-state index in [4.69, 9.17) is 14.2 Å². The van der Waals surface area contributed by atoms with Crippen LogP contribution in [0.1, 0.15) is 31.1 Å². The van der Waals surface area contributed by atoms with Crippen LogP contribution in [0.5, 0.6) is 5.75 Å².